The summed E-state index contributed by atoms with van der Waals surface area (Å²) in [5.74, 6) is -1.92. The van der Waals surface area contributed by atoms with Crippen LogP contribution in [0.25, 0.3) is 0 Å². The highest BCUT2D eigenvalue weighted by Crippen LogP contribution is 2.21. The largest absolute Gasteiger partial charge is 0.478 e. The second-order valence-electron chi connectivity index (χ2n) is 4.62. The third kappa shape index (κ3) is 4.79. The summed E-state index contributed by atoms with van der Waals surface area (Å²) in [6, 6.07) is 8.53. The SMILES string of the molecule is Cc1cc(NC(=O)/C=C/C(=O)O)ccc1NC(=O)c1cccs1. The maximum atomic E-state index is 12.0. The van der Waals surface area contributed by atoms with Crippen molar-refractivity contribution in [3.8, 4) is 0 Å². The Morgan fingerprint density at radius 2 is 1.91 bits per heavy atom. The molecule has 2 amide bonds. The molecule has 1 heterocycles. The van der Waals surface area contributed by atoms with Gasteiger partial charge in [0, 0.05) is 23.5 Å². The van der Waals surface area contributed by atoms with Crippen LogP contribution in [-0.4, -0.2) is 22.9 Å². The first-order valence-corrected chi connectivity index (χ1v) is 7.51. The normalized spacial score (nSPS) is 10.5. The van der Waals surface area contributed by atoms with Crippen LogP contribution in [0.2, 0.25) is 0 Å². The predicted molar refractivity (Wildman–Crippen MR) is 88.9 cm³/mol. The van der Waals surface area contributed by atoms with E-state index in [4.69, 9.17) is 5.11 Å². The Bertz CT molecular complexity index is 766. The molecule has 1 aromatic heterocycles. The summed E-state index contributed by atoms with van der Waals surface area (Å²) in [5.41, 5.74) is 1.93. The molecule has 0 aliphatic carbocycles. The van der Waals surface area contributed by atoms with Crippen LogP contribution in [0.3, 0.4) is 0 Å². The van der Waals surface area contributed by atoms with E-state index in [0.717, 1.165) is 17.7 Å². The van der Waals surface area contributed by atoms with E-state index >= 15 is 0 Å². The molecule has 0 spiro atoms. The molecule has 23 heavy (non-hydrogen) atoms. The zero-order chi connectivity index (χ0) is 16.8. The minimum Gasteiger partial charge on any atom is -0.478 e. The quantitative estimate of drug-likeness (QED) is 0.735. The summed E-state index contributed by atoms with van der Waals surface area (Å²) in [5, 5.41) is 15.6. The fourth-order valence-corrected chi connectivity index (χ4v) is 2.42. The van der Waals surface area contributed by atoms with Gasteiger partial charge in [0.05, 0.1) is 4.88 Å². The average molecular weight is 330 g/mol. The van der Waals surface area contributed by atoms with Crippen LogP contribution < -0.4 is 10.6 Å². The maximum absolute atomic E-state index is 12.0. The van der Waals surface area contributed by atoms with Gasteiger partial charge >= 0.3 is 5.97 Å². The molecule has 0 fully saturated rings. The zero-order valence-electron chi connectivity index (χ0n) is 12.2. The molecular formula is C16H14N2O4S. The second kappa shape index (κ2) is 7.37. The Morgan fingerprint density at radius 3 is 2.52 bits per heavy atom. The molecule has 0 aliphatic rings. The lowest BCUT2D eigenvalue weighted by molar-refractivity contribution is -0.131. The summed E-state index contributed by atoms with van der Waals surface area (Å²) in [6.07, 6.45) is 1.70. The molecule has 2 rings (SSSR count). The third-order valence-corrected chi connectivity index (χ3v) is 3.73. The van der Waals surface area contributed by atoms with Crippen molar-refractivity contribution in [2.75, 3.05) is 10.6 Å². The Hall–Kier alpha value is -2.93. The van der Waals surface area contributed by atoms with Crippen molar-refractivity contribution in [2.45, 2.75) is 6.92 Å². The fourth-order valence-electron chi connectivity index (χ4n) is 1.80. The minimum atomic E-state index is -1.19. The second-order valence-corrected chi connectivity index (χ2v) is 5.57. The van der Waals surface area contributed by atoms with Gasteiger partial charge in [-0.25, -0.2) is 4.79 Å². The Labute approximate surface area is 136 Å². The van der Waals surface area contributed by atoms with E-state index < -0.39 is 11.9 Å². The molecular weight excluding hydrogens is 316 g/mol. The van der Waals surface area contributed by atoms with Crippen molar-refractivity contribution in [1.29, 1.82) is 0 Å². The molecule has 6 nitrogen and oxygen atoms in total. The smallest absolute Gasteiger partial charge is 0.328 e. The Morgan fingerprint density at radius 1 is 1.13 bits per heavy atom. The van der Waals surface area contributed by atoms with Gasteiger partial charge in [-0.3, -0.25) is 9.59 Å². The molecule has 0 bridgehead atoms. The Kier molecular flexibility index (Phi) is 5.27. The number of carbonyl (C=O) groups excluding carboxylic acids is 2. The van der Waals surface area contributed by atoms with Gasteiger partial charge in [-0.2, -0.15) is 0 Å². The van der Waals surface area contributed by atoms with Crippen molar-refractivity contribution >= 4 is 40.5 Å². The first-order valence-electron chi connectivity index (χ1n) is 6.63. The van der Waals surface area contributed by atoms with Crippen molar-refractivity contribution in [3.05, 3.63) is 58.3 Å². The lowest BCUT2D eigenvalue weighted by Crippen LogP contribution is -2.12. The summed E-state index contributed by atoms with van der Waals surface area (Å²) >= 11 is 1.35. The van der Waals surface area contributed by atoms with E-state index in [0.29, 0.717) is 16.3 Å². The van der Waals surface area contributed by atoms with Gasteiger partial charge in [0.25, 0.3) is 5.91 Å². The van der Waals surface area contributed by atoms with Crippen LogP contribution in [0.4, 0.5) is 11.4 Å². The molecule has 0 radical (unpaired) electrons. The first kappa shape index (κ1) is 16.4. The lowest BCUT2D eigenvalue weighted by Gasteiger charge is -2.10. The number of benzene rings is 1. The van der Waals surface area contributed by atoms with Gasteiger partial charge in [0.15, 0.2) is 0 Å². The minimum absolute atomic E-state index is 0.190. The van der Waals surface area contributed by atoms with E-state index in [1.165, 1.54) is 11.3 Å². The standard InChI is InChI=1S/C16H14N2O4S/c1-10-9-11(17-14(19)6-7-15(20)21)4-5-12(10)18-16(22)13-3-2-8-23-13/h2-9H,1H3,(H,17,19)(H,18,22)(H,20,21)/b7-6+. The number of anilines is 2. The summed E-state index contributed by atoms with van der Waals surface area (Å²) in [4.78, 5) is 34.5. The highest BCUT2D eigenvalue weighted by atomic mass is 32.1. The Balaban J connectivity index is 2.04. The number of aliphatic carboxylic acids is 1. The van der Waals surface area contributed by atoms with Gasteiger partial charge in [-0.15, -0.1) is 11.3 Å². The number of rotatable bonds is 5. The topological polar surface area (TPSA) is 95.5 Å². The average Bonchev–Trinajstić information content (AvgIpc) is 3.02. The van der Waals surface area contributed by atoms with Crippen molar-refractivity contribution < 1.29 is 19.5 Å². The van der Waals surface area contributed by atoms with Gasteiger partial charge in [-0.1, -0.05) is 6.07 Å². The molecule has 118 valence electrons. The van der Waals surface area contributed by atoms with E-state index in [1.54, 1.807) is 37.3 Å². The van der Waals surface area contributed by atoms with E-state index in [2.05, 4.69) is 10.6 Å². The van der Waals surface area contributed by atoms with Crippen LogP contribution in [0, 0.1) is 6.92 Å². The summed E-state index contributed by atoms with van der Waals surface area (Å²) in [6.45, 7) is 1.80. The summed E-state index contributed by atoms with van der Waals surface area (Å²) in [7, 11) is 0. The van der Waals surface area contributed by atoms with Crippen molar-refractivity contribution in [2.24, 2.45) is 0 Å². The molecule has 0 unspecified atom stereocenters. The van der Waals surface area contributed by atoms with Gasteiger partial charge in [0.2, 0.25) is 5.91 Å². The molecule has 1 aromatic carbocycles. The number of carboxylic acid groups (broad SMARTS) is 1. The molecule has 2 aromatic rings. The highest BCUT2D eigenvalue weighted by Gasteiger charge is 2.09. The predicted octanol–water partition coefficient (Wildman–Crippen LogP) is 2.89. The van der Waals surface area contributed by atoms with Crippen LogP contribution in [0.5, 0.6) is 0 Å². The first-order chi connectivity index (χ1) is 11.0. The molecule has 0 aliphatic heterocycles. The molecule has 3 N–H and O–H groups in total. The monoisotopic (exact) mass is 330 g/mol. The van der Waals surface area contributed by atoms with Crippen LogP contribution in [0.1, 0.15) is 15.2 Å². The van der Waals surface area contributed by atoms with Gasteiger partial charge < -0.3 is 15.7 Å². The van der Waals surface area contributed by atoms with Crippen molar-refractivity contribution in [1.82, 2.24) is 0 Å². The zero-order valence-corrected chi connectivity index (χ0v) is 13.0. The molecule has 0 saturated heterocycles. The van der Waals surface area contributed by atoms with Gasteiger partial charge in [0.1, 0.15) is 0 Å². The number of aryl methyl sites for hydroxylation is 1. The number of carboxylic acids is 1. The van der Waals surface area contributed by atoms with Crippen LogP contribution in [0.15, 0.2) is 47.9 Å². The number of nitrogens with one attached hydrogen (secondary N) is 2. The van der Waals surface area contributed by atoms with Gasteiger partial charge in [-0.05, 0) is 42.1 Å². The maximum Gasteiger partial charge on any atom is 0.328 e. The van der Waals surface area contributed by atoms with Crippen LogP contribution in [-0.2, 0) is 9.59 Å². The summed E-state index contributed by atoms with van der Waals surface area (Å²) < 4.78 is 0. The number of carbonyl (C=O) groups is 3. The lowest BCUT2D eigenvalue weighted by atomic mass is 10.1. The number of amides is 2. The fraction of sp³-hybridized carbons (Fsp3) is 0.0625. The van der Waals surface area contributed by atoms with Crippen LogP contribution >= 0.6 is 11.3 Å². The number of thiophene rings is 1. The third-order valence-electron chi connectivity index (χ3n) is 2.86. The number of hydrogen-bond acceptors (Lipinski definition) is 4. The van der Waals surface area contributed by atoms with E-state index in [-0.39, 0.29) is 5.91 Å². The van der Waals surface area contributed by atoms with E-state index in [9.17, 15) is 14.4 Å². The molecule has 0 saturated carbocycles. The van der Waals surface area contributed by atoms with E-state index in [1.807, 2.05) is 5.38 Å². The molecule has 7 heteroatoms. The number of hydrogen-bond donors (Lipinski definition) is 3. The van der Waals surface area contributed by atoms with Crippen molar-refractivity contribution in [3.63, 3.8) is 0 Å². The highest BCUT2D eigenvalue weighted by molar-refractivity contribution is 7.12. The molecule has 0 atom stereocenters.